The lowest BCUT2D eigenvalue weighted by Gasteiger charge is -2.16. The number of Topliss-reactive ketones (excluding diaryl/α,β-unsaturated/α-hetero) is 1. The molecule has 5 nitrogen and oxygen atoms in total. The summed E-state index contributed by atoms with van der Waals surface area (Å²) < 4.78 is 0. The molecule has 5 heteroatoms. The zero-order valence-electron chi connectivity index (χ0n) is 9.64. The molecular formula is C12H12N2O3. The van der Waals surface area contributed by atoms with E-state index >= 15 is 0 Å². The van der Waals surface area contributed by atoms with E-state index in [1.807, 2.05) is 0 Å². The number of anilines is 1. The van der Waals surface area contributed by atoms with Crippen LogP contribution in [-0.2, 0) is 0 Å². The average molecular weight is 232 g/mol. The van der Waals surface area contributed by atoms with Crippen LogP contribution in [0.3, 0.4) is 0 Å². The summed E-state index contributed by atoms with van der Waals surface area (Å²) in [5.41, 5.74) is 0.520. The molecule has 0 atom stereocenters. The minimum Gasteiger partial charge on any atom is -0.363 e. The lowest BCUT2D eigenvalue weighted by molar-refractivity contribution is -0.385. The van der Waals surface area contributed by atoms with Gasteiger partial charge >= 0.3 is 0 Å². The summed E-state index contributed by atoms with van der Waals surface area (Å²) in [4.78, 5) is 23.2. The molecule has 0 radical (unpaired) electrons. The van der Waals surface area contributed by atoms with E-state index in [1.165, 1.54) is 19.1 Å². The van der Waals surface area contributed by atoms with Crippen LogP contribution in [0.15, 0.2) is 18.2 Å². The number of carbonyl (C=O) groups is 1. The van der Waals surface area contributed by atoms with Crippen LogP contribution in [0.2, 0.25) is 0 Å². The Labute approximate surface area is 99.2 Å². The van der Waals surface area contributed by atoms with Crippen LogP contribution in [0.1, 0.15) is 17.3 Å². The van der Waals surface area contributed by atoms with E-state index in [0.29, 0.717) is 12.2 Å². The zero-order valence-corrected chi connectivity index (χ0v) is 9.64. The molecule has 0 heterocycles. The summed E-state index contributed by atoms with van der Waals surface area (Å²) in [6, 6.07) is 4.44. The van der Waals surface area contributed by atoms with Gasteiger partial charge in [0.2, 0.25) is 0 Å². The monoisotopic (exact) mass is 232 g/mol. The Hall–Kier alpha value is -2.35. The summed E-state index contributed by atoms with van der Waals surface area (Å²) >= 11 is 0. The standard InChI is InChI=1S/C12H12N2O3/c1-4-7-13(3)10-5-6-11(9(2)15)12(8-10)14(16)17/h1,5-6,8H,7H2,2-3H3. The molecule has 0 unspecified atom stereocenters. The van der Waals surface area contributed by atoms with E-state index in [0.717, 1.165) is 0 Å². The fourth-order valence-electron chi connectivity index (χ4n) is 1.43. The van der Waals surface area contributed by atoms with Crippen molar-refractivity contribution in [2.75, 3.05) is 18.5 Å². The lowest BCUT2D eigenvalue weighted by Crippen LogP contribution is -2.17. The van der Waals surface area contributed by atoms with Gasteiger partial charge in [0.25, 0.3) is 5.69 Å². The number of nitro groups is 1. The quantitative estimate of drug-likeness (QED) is 0.344. The second-order valence-corrected chi connectivity index (χ2v) is 3.57. The Kier molecular flexibility index (Phi) is 3.83. The third-order valence-corrected chi connectivity index (χ3v) is 2.33. The number of hydrogen-bond acceptors (Lipinski definition) is 4. The van der Waals surface area contributed by atoms with Gasteiger partial charge in [-0.25, -0.2) is 0 Å². The van der Waals surface area contributed by atoms with E-state index < -0.39 is 4.92 Å². The van der Waals surface area contributed by atoms with Crippen LogP contribution >= 0.6 is 0 Å². The molecule has 0 N–H and O–H groups in total. The number of benzene rings is 1. The first kappa shape index (κ1) is 12.7. The molecule has 0 amide bonds. The van der Waals surface area contributed by atoms with Crippen LogP contribution in [0.4, 0.5) is 11.4 Å². The first-order valence-electron chi connectivity index (χ1n) is 4.91. The number of carbonyl (C=O) groups excluding carboxylic acids is 1. The number of nitrogens with zero attached hydrogens (tertiary/aromatic N) is 2. The molecule has 0 aliphatic rings. The predicted molar refractivity (Wildman–Crippen MR) is 65.2 cm³/mol. The van der Waals surface area contributed by atoms with E-state index in [9.17, 15) is 14.9 Å². The topological polar surface area (TPSA) is 63.5 Å². The van der Waals surface area contributed by atoms with Crippen molar-refractivity contribution in [1.29, 1.82) is 0 Å². The highest BCUT2D eigenvalue weighted by Crippen LogP contribution is 2.25. The van der Waals surface area contributed by atoms with Gasteiger partial charge in [-0.1, -0.05) is 5.92 Å². The second kappa shape index (κ2) is 5.12. The minimum atomic E-state index is -0.566. The van der Waals surface area contributed by atoms with Crippen molar-refractivity contribution in [2.24, 2.45) is 0 Å². The molecule has 0 aliphatic heterocycles. The largest absolute Gasteiger partial charge is 0.363 e. The molecule has 88 valence electrons. The smallest absolute Gasteiger partial charge is 0.282 e. The predicted octanol–water partition coefficient (Wildman–Crippen LogP) is 1.87. The molecule has 1 aromatic rings. The lowest BCUT2D eigenvalue weighted by atomic mass is 10.1. The first-order valence-corrected chi connectivity index (χ1v) is 4.91. The highest BCUT2D eigenvalue weighted by atomic mass is 16.6. The third-order valence-electron chi connectivity index (χ3n) is 2.33. The average Bonchev–Trinajstić information content (AvgIpc) is 2.28. The van der Waals surface area contributed by atoms with Crippen molar-refractivity contribution >= 4 is 17.2 Å². The van der Waals surface area contributed by atoms with Gasteiger partial charge in [0.1, 0.15) is 0 Å². The molecule has 0 aliphatic carbocycles. The molecule has 0 fully saturated rings. The molecule has 1 aromatic carbocycles. The van der Waals surface area contributed by atoms with Crippen LogP contribution in [0.25, 0.3) is 0 Å². The van der Waals surface area contributed by atoms with Crippen LogP contribution in [-0.4, -0.2) is 24.3 Å². The highest BCUT2D eigenvalue weighted by molar-refractivity contribution is 5.98. The van der Waals surface area contributed by atoms with Crippen molar-refractivity contribution in [3.63, 3.8) is 0 Å². The summed E-state index contributed by atoms with van der Waals surface area (Å²) in [7, 11) is 1.73. The molecule has 0 spiro atoms. The van der Waals surface area contributed by atoms with Gasteiger partial charge in [-0.15, -0.1) is 6.42 Å². The Morgan fingerprint density at radius 3 is 2.71 bits per heavy atom. The number of rotatable bonds is 4. The molecular weight excluding hydrogens is 220 g/mol. The summed E-state index contributed by atoms with van der Waals surface area (Å²) in [6.45, 7) is 1.64. The maximum atomic E-state index is 11.2. The van der Waals surface area contributed by atoms with E-state index in [1.54, 1.807) is 18.0 Å². The van der Waals surface area contributed by atoms with Crippen molar-refractivity contribution in [2.45, 2.75) is 6.92 Å². The van der Waals surface area contributed by atoms with Crippen molar-refractivity contribution in [3.8, 4) is 12.3 Å². The van der Waals surface area contributed by atoms with E-state index in [-0.39, 0.29) is 17.0 Å². The summed E-state index contributed by atoms with van der Waals surface area (Å²) in [5, 5.41) is 10.9. The fourth-order valence-corrected chi connectivity index (χ4v) is 1.43. The molecule has 17 heavy (non-hydrogen) atoms. The fraction of sp³-hybridized carbons (Fsp3) is 0.250. The molecule has 0 aromatic heterocycles. The number of terminal acetylenes is 1. The number of ketones is 1. The van der Waals surface area contributed by atoms with Gasteiger partial charge in [0, 0.05) is 18.8 Å². The third kappa shape index (κ3) is 2.82. The van der Waals surface area contributed by atoms with Gasteiger partial charge < -0.3 is 4.90 Å². The van der Waals surface area contributed by atoms with Gasteiger partial charge in [0.05, 0.1) is 17.0 Å². The minimum absolute atomic E-state index is 0.104. The first-order chi connectivity index (χ1) is 7.97. The van der Waals surface area contributed by atoms with E-state index in [4.69, 9.17) is 6.42 Å². The number of nitro benzene ring substituents is 1. The van der Waals surface area contributed by atoms with E-state index in [2.05, 4.69) is 5.92 Å². The number of hydrogen-bond donors (Lipinski definition) is 0. The summed E-state index contributed by atoms with van der Waals surface area (Å²) in [5.74, 6) is 2.11. The SMILES string of the molecule is C#CCN(C)c1ccc(C(C)=O)c([N+](=O)[O-])c1. The Morgan fingerprint density at radius 1 is 1.59 bits per heavy atom. The zero-order chi connectivity index (χ0) is 13.0. The normalized spacial score (nSPS) is 9.47. The van der Waals surface area contributed by atoms with Gasteiger partial charge in [-0.05, 0) is 19.1 Å². The van der Waals surface area contributed by atoms with Gasteiger partial charge in [-0.3, -0.25) is 14.9 Å². The van der Waals surface area contributed by atoms with Crippen molar-refractivity contribution in [3.05, 3.63) is 33.9 Å². The summed E-state index contributed by atoms with van der Waals surface area (Å²) in [6.07, 6.45) is 5.16. The Morgan fingerprint density at radius 2 is 2.24 bits per heavy atom. The maximum Gasteiger partial charge on any atom is 0.282 e. The molecule has 1 rings (SSSR count). The van der Waals surface area contributed by atoms with Gasteiger partial charge in [-0.2, -0.15) is 0 Å². The molecule has 0 saturated heterocycles. The molecule has 0 saturated carbocycles. The van der Waals surface area contributed by atoms with Crippen LogP contribution < -0.4 is 4.90 Å². The molecule has 0 bridgehead atoms. The second-order valence-electron chi connectivity index (χ2n) is 3.57. The Balaban J connectivity index is 3.24. The Bertz CT molecular complexity index is 503. The van der Waals surface area contributed by atoms with Crippen LogP contribution in [0, 0.1) is 22.5 Å². The van der Waals surface area contributed by atoms with Crippen molar-refractivity contribution in [1.82, 2.24) is 0 Å². The van der Waals surface area contributed by atoms with Crippen molar-refractivity contribution < 1.29 is 9.72 Å². The van der Waals surface area contributed by atoms with Gasteiger partial charge in [0.15, 0.2) is 5.78 Å². The highest BCUT2D eigenvalue weighted by Gasteiger charge is 2.18. The van der Waals surface area contributed by atoms with Crippen LogP contribution in [0.5, 0.6) is 0 Å². The maximum absolute atomic E-state index is 11.2.